The van der Waals surface area contributed by atoms with Crippen LogP contribution < -0.4 is 0 Å². The Morgan fingerprint density at radius 3 is 0.812 bits per heavy atom. The van der Waals surface area contributed by atoms with Crippen LogP contribution in [-0.4, -0.2) is 30.2 Å². The third-order valence-electron chi connectivity index (χ3n) is 1.05. The first-order chi connectivity index (χ1) is 6.79. The van der Waals surface area contributed by atoms with Crippen LogP contribution in [-0.2, 0) is 0 Å². The van der Waals surface area contributed by atoms with E-state index in [2.05, 4.69) is 88.9 Å². The zero-order valence-electron chi connectivity index (χ0n) is 12.2. The standard InChI is InChI=1S/3C4H10S.Sb/c3*1-4(2,3)5;/h3*5H,1-3H3;/q;;;+3/p-3. The molecule has 16 heavy (non-hydrogen) atoms. The summed E-state index contributed by atoms with van der Waals surface area (Å²) in [5, 5.41) is 0. The molecule has 0 rings (SSSR count). The van der Waals surface area contributed by atoms with Crippen LogP contribution in [0.2, 0.25) is 0 Å². The molecule has 0 aromatic heterocycles. The summed E-state index contributed by atoms with van der Waals surface area (Å²) in [5.74, 6) is 0. The molecule has 0 N–H and O–H groups in total. The van der Waals surface area contributed by atoms with E-state index in [1.165, 1.54) is 0 Å². The minimum absolute atomic E-state index is 0.416. The summed E-state index contributed by atoms with van der Waals surface area (Å²) in [6.07, 6.45) is 0. The molecular weight excluding hydrogens is 362 g/mol. The van der Waals surface area contributed by atoms with Crippen molar-refractivity contribution in [2.75, 3.05) is 0 Å². The Kier molecular flexibility index (Phi) is 7.09. The van der Waals surface area contributed by atoms with E-state index in [9.17, 15) is 0 Å². The molecule has 98 valence electrons. The summed E-state index contributed by atoms with van der Waals surface area (Å²) in [6, 6.07) is 0. The van der Waals surface area contributed by atoms with Crippen LogP contribution in [0.3, 0.4) is 0 Å². The van der Waals surface area contributed by atoms with E-state index in [0.29, 0.717) is 14.2 Å². The summed E-state index contributed by atoms with van der Waals surface area (Å²) in [6.45, 7) is 21.1. The Morgan fingerprint density at radius 2 is 0.688 bits per heavy atom. The Bertz CT molecular complexity index is 170. The van der Waals surface area contributed by atoms with E-state index in [0.717, 1.165) is 0 Å². The van der Waals surface area contributed by atoms with Crippen molar-refractivity contribution in [3.63, 3.8) is 0 Å². The van der Waals surface area contributed by atoms with Gasteiger partial charge in [-0.3, -0.25) is 0 Å². The molecule has 0 saturated heterocycles. The molecule has 0 radical (unpaired) electrons. The predicted octanol–water partition coefficient (Wildman–Crippen LogP) is 5.57. The molecule has 0 saturated carbocycles. The second-order valence-corrected chi connectivity index (χ2v) is 29.0. The maximum absolute atomic E-state index is 2.35. The fourth-order valence-electron chi connectivity index (χ4n) is 0.727. The van der Waals surface area contributed by atoms with Crippen LogP contribution in [0.15, 0.2) is 0 Å². The van der Waals surface area contributed by atoms with E-state index in [1.807, 2.05) is 0 Å². The molecule has 0 aliphatic rings. The van der Waals surface area contributed by atoms with Crippen molar-refractivity contribution in [3.8, 4) is 0 Å². The quantitative estimate of drug-likeness (QED) is 0.580. The summed E-state index contributed by atoms with van der Waals surface area (Å²) in [4.78, 5) is 0. The topological polar surface area (TPSA) is 0 Å². The van der Waals surface area contributed by atoms with Crippen LogP contribution in [0.25, 0.3) is 0 Å². The molecule has 0 aromatic rings. The molecule has 0 heterocycles. The van der Waals surface area contributed by atoms with Crippen molar-refractivity contribution in [1.29, 1.82) is 0 Å². The summed E-state index contributed by atoms with van der Waals surface area (Å²) in [7, 11) is 6.79. The molecular formula is C12H27S3Sb. The first kappa shape index (κ1) is 17.9. The summed E-state index contributed by atoms with van der Waals surface area (Å²) < 4.78 is 1.25. The minimum atomic E-state index is -1.33. The third kappa shape index (κ3) is 12.3. The first-order valence-electron chi connectivity index (χ1n) is 5.66. The zero-order valence-corrected chi connectivity index (χ0v) is 17.2. The van der Waals surface area contributed by atoms with E-state index in [1.54, 1.807) is 0 Å². The predicted molar refractivity (Wildman–Crippen MR) is 87.8 cm³/mol. The number of rotatable bonds is 3. The van der Waals surface area contributed by atoms with Gasteiger partial charge in [0.2, 0.25) is 0 Å². The van der Waals surface area contributed by atoms with Gasteiger partial charge in [-0.1, -0.05) is 0 Å². The number of hydrogen-bond donors (Lipinski definition) is 0. The third-order valence-corrected chi connectivity index (χ3v) is 30.0. The molecule has 0 aliphatic carbocycles. The van der Waals surface area contributed by atoms with Crippen LogP contribution in [0.4, 0.5) is 0 Å². The van der Waals surface area contributed by atoms with E-state index < -0.39 is 16.0 Å². The van der Waals surface area contributed by atoms with Gasteiger partial charge in [-0.05, 0) is 0 Å². The Labute approximate surface area is 118 Å². The molecule has 0 amide bonds. The van der Waals surface area contributed by atoms with Crippen molar-refractivity contribution in [2.45, 2.75) is 76.6 Å². The molecule has 0 aromatic carbocycles. The van der Waals surface area contributed by atoms with Gasteiger partial charge < -0.3 is 0 Å². The van der Waals surface area contributed by atoms with Crippen LogP contribution in [0, 0.1) is 0 Å². The van der Waals surface area contributed by atoms with Gasteiger partial charge in [0.1, 0.15) is 0 Å². The van der Waals surface area contributed by atoms with E-state index in [-0.39, 0.29) is 0 Å². The molecule has 0 atom stereocenters. The van der Waals surface area contributed by atoms with Crippen molar-refractivity contribution in [1.82, 2.24) is 0 Å². The molecule has 0 bridgehead atoms. The molecule has 0 unspecified atom stereocenters. The first-order valence-corrected chi connectivity index (χ1v) is 17.4. The average Bonchev–Trinajstić information content (AvgIpc) is 1.70. The van der Waals surface area contributed by atoms with Crippen molar-refractivity contribution < 1.29 is 0 Å². The van der Waals surface area contributed by atoms with E-state index >= 15 is 0 Å². The summed E-state index contributed by atoms with van der Waals surface area (Å²) in [5.41, 5.74) is 0. The van der Waals surface area contributed by atoms with Crippen molar-refractivity contribution in [2.24, 2.45) is 0 Å². The second kappa shape index (κ2) is 6.35. The van der Waals surface area contributed by atoms with Crippen molar-refractivity contribution in [3.05, 3.63) is 0 Å². The van der Waals surface area contributed by atoms with Gasteiger partial charge in [-0.15, -0.1) is 0 Å². The molecule has 0 aliphatic heterocycles. The average molecular weight is 389 g/mol. The normalized spacial score (nSPS) is 14.6. The molecule has 4 heteroatoms. The fraction of sp³-hybridized carbons (Fsp3) is 1.00. The second-order valence-electron chi connectivity index (χ2n) is 6.83. The molecule has 0 nitrogen and oxygen atoms in total. The fourth-order valence-corrected chi connectivity index (χ4v) is 43.9. The van der Waals surface area contributed by atoms with Gasteiger partial charge in [0.05, 0.1) is 0 Å². The Morgan fingerprint density at radius 1 is 0.500 bits per heavy atom. The number of hydrogen-bond acceptors (Lipinski definition) is 3. The van der Waals surface area contributed by atoms with Gasteiger partial charge in [0.15, 0.2) is 0 Å². The van der Waals surface area contributed by atoms with Gasteiger partial charge in [-0.25, -0.2) is 0 Å². The molecule has 0 fully saturated rings. The van der Waals surface area contributed by atoms with Gasteiger partial charge >= 0.3 is 119 Å². The SMILES string of the molecule is CC(C)(C)[S][Sb]([S]C(C)(C)C)[S]C(C)(C)C. The van der Waals surface area contributed by atoms with Crippen LogP contribution in [0.1, 0.15) is 62.3 Å². The van der Waals surface area contributed by atoms with Crippen LogP contribution >= 0.6 is 26.5 Å². The maximum atomic E-state index is 2.35. The monoisotopic (exact) mass is 388 g/mol. The Balaban J connectivity index is 4.53. The summed E-state index contributed by atoms with van der Waals surface area (Å²) >= 11 is -1.33. The Hall–Kier alpha value is 1.87. The van der Waals surface area contributed by atoms with Gasteiger partial charge in [0.25, 0.3) is 0 Å². The molecule has 0 spiro atoms. The zero-order chi connectivity index (χ0) is 13.2. The van der Waals surface area contributed by atoms with Gasteiger partial charge in [-0.2, -0.15) is 0 Å². The van der Waals surface area contributed by atoms with Crippen molar-refractivity contribution >= 4 is 42.6 Å². The van der Waals surface area contributed by atoms with Crippen LogP contribution in [0.5, 0.6) is 0 Å². The van der Waals surface area contributed by atoms with E-state index in [4.69, 9.17) is 0 Å². The van der Waals surface area contributed by atoms with Gasteiger partial charge in [0, 0.05) is 0 Å².